The van der Waals surface area contributed by atoms with Gasteiger partial charge in [-0.25, -0.2) is 18.4 Å². The van der Waals surface area contributed by atoms with Crippen LogP contribution >= 0.6 is 0 Å². The van der Waals surface area contributed by atoms with Crippen LogP contribution in [0.1, 0.15) is 78.5 Å². The molecule has 0 spiro atoms. The number of benzene rings is 2. The topological polar surface area (TPSA) is 163 Å². The average molecular weight is 918 g/mol. The predicted molar refractivity (Wildman–Crippen MR) is 246 cm³/mol. The smallest absolute Gasteiger partial charge is 0.258 e. The highest BCUT2D eigenvalue weighted by Gasteiger charge is 2.39. The van der Waals surface area contributed by atoms with Crippen molar-refractivity contribution in [3.63, 3.8) is 0 Å². The van der Waals surface area contributed by atoms with Crippen molar-refractivity contribution in [1.29, 1.82) is 0 Å². The standard InChI is InChI=1S/C49H57F2N11O5/c1-29-5-4-18-67-48-37(24-52-57(48)3)41-21-32(19-30(2)53-41)45(64)56-49-54-40-8-6-31(20-42(40)62(49)25-29)26-58-12-10-34(11-13-58)59-14-16-60(17-15-59)47(66)33-27-61(28-33)35-22-38(50)44(39(51)23-35)36-7-9-43(63)55-46(36)65/h6,8,19-24,29,33-34,36H,4-5,7,9-18,25-28H2,1-3H3,(H,54,56,64)(H,55,63,65)/t29-,36-/m1/s1. The van der Waals surface area contributed by atoms with Crippen LogP contribution in [-0.4, -0.2) is 128 Å². The van der Waals surface area contributed by atoms with Crippen molar-refractivity contribution in [2.45, 2.75) is 77.4 Å². The SMILES string of the molecule is Cc1cc2cc(n1)-c1cnn(C)c1OCCC[C@@H](C)Cn1c(nc3ccc(CN4CCC(N5CCN(C(=O)C6CN(c7cc(F)c([C@H]8CCC(=O)NC8=O)c(F)c7)C6)CC5)CC4)cc31)NC2=O. The molecule has 3 aromatic heterocycles. The Labute approximate surface area is 387 Å². The largest absolute Gasteiger partial charge is 0.477 e. The maximum atomic E-state index is 15.2. The zero-order chi connectivity index (χ0) is 46.5. The van der Waals surface area contributed by atoms with E-state index >= 15 is 8.78 Å². The number of halogens is 2. The maximum Gasteiger partial charge on any atom is 0.258 e. The van der Waals surface area contributed by atoms with Crippen molar-refractivity contribution in [2.75, 3.05) is 69.2 Å². The molecule has 2 atom stereocenters. The molecule has 16 nitrogen and oxygen atoms in total. The Morgan fingerprint density at radius 2 is 1.64 bits per heavy atom. The number of imidazole rings is 1. The van der Waals surface area contributed by atoms with Crippen molar-refractivity contribution in [1.82, 2.24) is 44.3 Å². The molecule has 8 heterocycles. The van der Waals surface area contributed by atoms with Crippen LogP contribution < -0.4 is 20.3 Å². The number of pyridine rings is 1. The number of aromatic nitrogens is 5. The summed E-state index contributed by atoms with van der Waals surface area (Å²) in [6, 6.07) is 12.9. The summed E-state index contributed by atoms with van der Waals surface area (Å²) in [5, 5.41) is 9.72. The van der Waals surface area contributed by atoms with Crippen LogP contribution in [-0.2, 0) is 34.5 Å². The number of amides is 4. The first-order chi connectivity index (χ1) is 32.3. The molecule has 352 valence electrons. The van der Waals surface area contributed by atoms with E-state index in [-0.39, 0.29) is 42.1 Å². The second kappa shape index (κ2) is 18.4. The number of hydrogen-bond donors (Lipinski definition) is 2. The Balaban J connectivity index is 0.729. The van der Waals surface area contributed by atoms with Crippen molar-refractivity contribution in [3.05, 3.63) is 82.7 Å². The van der Waals surface area contributed by atoms with E-state index in [0.29, 0.717) is 79.8 Å². The van der Waals surface area contributed by atoms with Crippen LogP contribution in [0.15, 0.2) is 48.7 Å². The van der Waals surface area contributed by atoms with Crippen LogP contribution in [0.2, 0.25) is 0 Å². The van der Waals surface area contributed by atoms with Crippen LogP contribution in [0.25, 0.3) is 22.3 Å². The second-order valence-corrected chi connectivity index (χ2v) is 19.1. The fourth-order valence-electron chi connectivity index (χ4n) is 10.6. The first-order valence-corrected chi connectivity index (χ1v) is 23.6. The van der Waals surface area contributed by atoms with Crippen LogP contribution in [0, 0.1) is 30.4 Å². The predicted octanol–water partition coefficient (Wildman–Crippen LogP) is 5.24. The summed E-state index contributed by atoms with van der Waals surface area (Å²) in [6.45, 7) is 11.7. The maximum absolute atomic E-state index is 15.2. The molecule has 67 heavy (non-hydrogen) atoms. The number of imide groups is 1. The minimum atomic E-state index is -1.05. The molecule has 0 saturated carbocycles. The van der Waals surface area contributed by atoms with Crippen LogP contribution in [0.3, 0.4) is 0 Å². The van der Waals surface area contributed by atoms with E-state index in [1.54, 1.807) is 27.9 Å². The fraction of sp³-hybridized carbons (Fsp3) is 0.490. The molecule has 4 amide bonds. The Morgan fingerprint density at radius 3 is 2.39 bits per heavy atom. The number of nitrogens with zero attached hydrogens (tertiary/aromatic N) is 9. The third-order valence-corrected chi connectivity index (χ3v) is 14.3. The van der Waals surface area contributed by atoms with Gasteiger partial charge in [0.1, 0.15) is 11.6 Å². The van der Waals surface area contributed by atoms with E-state index in [9.17, 15) is 19.2 Å². The van der Waals surface area contributed by atoms with E-state index < -0.39 is 29.4 Å². The highest BCUT2D eigenvalue weighted by molar-refractivity contribution is 6.05. The molecule has 5 aliphatic rings. The number of rotatable bonds is 6. The molecule has 2 aromatic carbocycles. The van der Waals surface area contributed by atoms with E-state index in [4.69, 9.17) is 14.7 Å². The van der Waals surface area contributed by atoms with Gasteiger partial charge in [0.05, 0.1) is 46.9 Å². The number of anilines is 2. The van der Waals surface area contributed by atoms with Crippen molar-refractivity contribution in [3.8, 4) is 17.1 Å². The first-order valence-electron chi connectivity index (χ1n) is 23.6. The number of piperidine rings is 2. The number of ether oxygens (including phenoxy) is 1. The van der Waals surface area contributed by atoms with Gasteiger partial charge in [-0.05, 0) is 100.0 Å². The number of carbonyl (C=O) groups excluding carboxylic acids is 4. The molecular formula is C49H57F2N11O5. The number of hydrogen-bond acceptors (Lipinski definition) is 11. The monoisotopic (exact) mass is 917 g/mol. The number of likely N-dealkylation sites (tertiary alicyclic amines) is 1. The summed E-state index contributed by atoms with van der Waals surface area (Å²) in [7, 11) is 1.85. The third kappa shape index (κ3) is 9.12. The molecular weight excluding hydrogens is 861 g/mol. The zero-order valence-electron chi connectivity index (χ0n) is 38.3. The molecule has 10 rings (SSSR count). The molecule has 2 N–H and O–H groups in total. The Bertz CT molecular complexity index is 2710. The van der Waals surface area contributed by atoms with Gasteiger partial charge in [-0.1, -0.05) is 13.0 Å². The van der Waals surface area contributed by atoms with Gasteiger partial charge in [-0.3, -0.25) is 44.6 Å². The van der Waals surface area contributed by atoms with E-state index in [2.05, 4.69) is 55.2 Å². The van der Waals surface area contributed by atoms with E-state index in [0.717, 1.165) is 75.0 Å². The van der Waals surface area contributed by atoms with Gasteiger partial charge >= 0.3 is 0 Å². The molecule has 5 aliphatic heterocycles. The molecule has 5 aromatic rings. The van der Waals surface area contributed by atoms with Gasteiger partial charge in [0.25, 0.3) is 5.91 Å². The van der Waals surface area contributed by atoms with Crippen molar-refractivity contribution < 1.29 is 32.7 Å². The lowest BCUT2D eigenvalue weighted by Gasteiger charge is -2.46. The summed E-state index contributed by atoms with van der Waals surface area (Å²) < 4.78 is 40.4. The lowest BCUT2D eigenvalue weighted by molar-refractivity contribution is -0.138. The van der Waals surface area contributed by atoms with E-state index in [1.165, 1.54) is 17.7 Å². The highest BCUT2D eigenvalue weighted by Crippen LogP contribution is 2.36. The zero-order valence-corrected chi connectivity index (χ0v) is 38.3. The quantitative estimate of drug-likeness (QED) is 0.214. The van der Waals surface area contributed by atoms with Crippen LogP contribution in [0.4, 0.5) is 20.4 Å². The van der Waals surface area contributed by atoms with Crippen molar-refractivity contribution >= 4 is 46.3 Å². The molecule has 0 aliphatic carbocycles. The average Bonchev–Trinajstić information content (AvgIpc) is 3.82. The Hall–Kier alpha value is -6.27. The van der Waals surface area contributed by atoms with Gasteiger partial charge in [-0.15, -0.1) is 0 Å². The Morgan fingerprint density at radius 1 is 0.881 bits per heavy atom. The summed E-state index contributed by atoms with van der Waals surface area (Å²) in [5.41, 5.74) is 5.60. The van der Waals surface area contributed by atoms with Gasteiger partial charge in [0.2, 0.25) is 29.5 Å². The molecule has 4 fully saturated rings. The van der Waals surface area contributed by atoms with Crippen molar-refractivity contribution in [2.24, 2.45) is 18.9 Å². The lowest BCUT2D eigenvalue weighted by Crippen LogP contribution is -2.59. The van der Waals surface area contributed by atoms with Crippen LogP contribution in [0.5, 0.6) is 5.88 Å². The van der Waals surface area contributed by atoms with Gasteiger partial charge < -0.3 is 19.1 Å². The molecule has 0 radical (unpaired) electrons. The van der Waals surface area contributed by atoms with Gasteiger partial charge in [0.15, 0.2) is 0 Å². The molecule has 4 saturated heterocycles. The van der Waals surface area contributed by atoms with Gasteiger partial charge in [0, 0.05) is 94.4 Å². The lowest BCUT2D eigenvalue weighted by atomic mass is 9.89. The minimum absolute atomic E-state index is 0.0301. The second-order valence-electron chi connectivity index (χ2n) is 19.1. The Kier molecular flexibility index (Phi) is 12.3. The molecule has 2 bridgehead atoms. The van der Waals surface area contributed by atoms with E-state index in [1.807, 2.05) is 18.9 Å². The first kappa shape index (κ1) is 44.6. The summed E-state index contributed by atoms with van der Waals surface area (Å²) >= 11 is 0. The minimum Gasteiger partial charge on any atom is -0.477 e. The summed E-state index contributed by atoms with van der Waals surface area (Å²) in [4.78, 5) is 69.6. The number of carbonyl (C=O) groups is 4. The number of nitrogens with one attached hydrogen (secondary N) is 2. The normalized spacial score (nSPS) is 21.7. The summed E-state index contributed by atoms with van der Waals surface area (Å²) in [5.74, 6) is -2.81. The third-order valence-electron chi connectivity index (χ3n) is 14.3. The number of fused-ring (bicyclic) bond motifs is 7. The highest BCUT2D eigenvalue weighted by atomic mass is 19.1. The molecule has 18 heteroatoms. The van der Waals surface area contributed by atoms with Gasteiger partial charge in [-0.2, -0.15) is 5.10 Å². The fourth-order valence-corrected chi connectivity index (χ4v) is 10.6. The summed E-state index contributed by atoms with van der Waals surface area (Å²) in [6.07, 6.45) is 5.67. The number of aryl methyl sites for hydroxylation is 2. The number of piperazine rings is 1. The molecule has 0 unspecified atom stereocenters.